The number of nitrogens with one attached hydrogen (secondary N) is 1. The maximum atomic E-state index is 12.5. The zero-order valence-corrected chi connectivity index (χ0v) is 16.4. The van der Waals surface area contributed by atoms with Gasteiger partial charge < -0.3 is 9.26 Å². The van der Waals surface area contributed by atoms with E-state index in [1.165, 1.54) is 16.9 Å². The fraction of sp³-hybridized carbons (Fsp3) is 0.200. The molecule has 4 aromatic rings. The standard InChI is InChI=1S/C20H17N5O3S/c1-2-25-10-14(9-21-25)18-8-15(24-28-18)19(26)23-20-22-16(11-29-20)12-3-4-17-13(7-12)5-6-27-17/h3-4,7-11H,2,5-6H2,1H3,(H,22,23,26). The van der Waals surface area contributed by atoms with Crippen molar-refractivity contribution in [1.82, 2.24) is 19.9 Å². The van der Waals surface area contributed by atoms with Gasteiger partial charge in [0.05, 0.1) is 24.1 Å². The number of carbonyl (C=O) groups is 1. The van der Waals surface area contributed by atoms with Gasteiger partial charge in [-0.1, -0.05) is 5.16 Å². The Morgan fingerprint density at radius 2 is 2.24 bits per heavy atom. The summed E-state index contributed by atoms with van der Waals surface area (Å²) in [5, 5.41) is 13.3. The van der Waals surface area contributed by atoms with Crippen molar-refractivity contribution in [3.05, 3.63) is 53.3 Å². The van der Waals surface area contributed by atoms with Crippen molar-refractivity contribution in [3.8, 4) is 28.3 Å². The van der Waals surface area contributed by atoms with Crippen LogP contribution in [0.4, 0.5) is 5.13 Å². The number of amides is 1. The fourth-order valence-electron chi connectivity index (χ4n) is 3.15. The molecule has 0 fully saturated rings. The highest BCUT2D eigenvalue weighted by molar-refractivity contribution is 7.14. The molecule has 4 heterocycles. The van der Waals surface area contributed by atoms with Gasteiger partial charge in [0.2, 0.25) is 0 Å². The van der Waals surface area contributed by atoms with Gasteiger partial charge in [-0.15, -0.1) is 11.3 Å². The van der Waals surface area contributed by atoms with Crippen molar-refractivity contribution in [3.63, 3.8) is 0 Å². The van der Waals surface area contributed by atoms with Crippen molar-refractivity contribution in [2.45, 2.75) is 19.9 Å². The van der Waals surface area contributed by atoms with Crippen molar-refractivity contribution in [2.75, 3.05) is 11.9 Å². The van der Waals surface area contributed by atoms with Crippen molar-refractivity contribution in [1.29, 1.82) is 0 Å². The largest absolute Gasteiger partial charge is 0.493 e. The lowest BCUT2D eigenvalue weighted by atomic mass is 10.1. The first-order chi connectivity index (χ1) is 14.2. The number of benzene rings is 1. The van der Waals surface area contributed by atoms with Crippen LogP contribution in [0.3, 0.4) is 0 Å². The quantitative estimate of drug-likeness (QED) is 0.540. The van der Waals surface area contributed by atoms with Gasteiger partial charge in [-0.3, -0.25) is 14.8 Å². The first-order valence-electron chi connectivity index (χ1n) is 9.22. The van der Waals surface area contributed by atoms with Crippen LogP contribution in [0.15, 0.2) is 46.6 Å². The summed E-state index contributed by atoms with van der Waals surface area (Å²) in [6.07, 6.45) is 4.43. The Hall–Kier alpha value is -3.46. The molecule has 0 aliphatic carbocycles. The van der Waals surface area contributed by atoms with E-state index in [4.69, 9.17) is 9.26 Å². The average molecular weight is 407 g/mol. The van der Waals surface area contributed by atoms with Gasteiger partial charge in [-0.2, -0.15) is 5.10 Å². The average Bonchev–Trinajstić information content (AvgIpc) is 3.53. The molecule has 0 atom stereocenters. The van der Waals surface area contributed by atoms with Crippen LogP contribution >= 0.6 is 11.3 Å². The molecule has 1 aliphatic rings. The first kappa shape index (κ1) is 17.6. The lowest BCUT2D eigenvalue weighted by Crippen LogP contribution is -2.11. The number of ether oxygens (including phenoxy) is 1. The zero-order valence-electron chi connectivity index (χ0n) is 15.6. The summed E-state index contributed by atoms with van der Waals surface area (Å²) in [4.78, 5) is 17.0. The van der Waals surface area contributed by atoms with E-state index in [-0.39, 0.29) is 11.6 Å². The van der Waals surface area contributed by atoms with E-state index in [1.54, 1.807) is 16.9 Å². The van der Waals surface area contributed by atoms with Gasteiger partial charge in [0, 0.05) is 36.2 Å². The second kappa shape index (κ2) is 7.17. The first-order valence-corrected chi connectivity index (χ1v) is 10.1. The number of aromatic nitrogens is 4. The molecule has 8 nitrogen and oxygen atoms in total. The molecular weight excluding hydrogens is 390 g/mol. The summed E-state index contributed by atoms with van der Waals surface area (Å²) >= 11 is 1.36. The third-order valence-electron chi connectivity index (χ3n) is 4.69. The van der Waals surface area contributed by atoms with E-state index in [0.29, 0.717) is 10.9 Å². The molecule has 0 saturated carbocycles. The van der Waals surface area contributed by atoms with E-state index >= 15 is 0 Å². The molecule has 0 radical (unpaired) electrons. The van der Waals surface area contributed by atoms with Gasteiger partial charge in [0.15, 0.2) is 16.6 Å². The summed E-state index contributed by atoms with van der Waals surface area (Å²) in [7, 11) is 0. The molecule has 1 aliphatic heterocycles. The minimum absolute atomic E-state index is 0.190. The van der Waals surface area contributed by atoms with Gasteiger partial charge in [-0.05, 0) is 30.7 Å². The Balaban J connectivity index is 1.30. The number of fused-ring (bicyclic) bond motifs is 1. The van der Waals surface area contributed by atoms with Crippen LogP contribution in [-0.2, 0) is 13.0 Å². The second-order valence-corrected chi connectivity index (χ2v) is 7.43. The predicted octanol–water partition coefficient (Wildman–Crippen LogP) is 3.87. The van der Waals surface area contributed by atoms with E-state index in [1.807, 2.05) is 30.6 Å². The molecule has 9 heteroatoms. The highest BCUT2D eigenvalue weighted by Gasteiger charge is 2.17. The third-order valence-corrected chi connectivity index (χ3v) is 5.45. The van der Waals surface area contributed by atoms with Crippen LogP contribution < -0.4 is 10.1 Å². The molecule has 29 heavy (non-hydrogen) atoms. The molecule has 5 rings (SSSR count). The number of carbonyl (C=O) groups excluding carboxylic acids is 1. The smallest absolute Gasteiger partial charge is 0.279 e. The number of rotatable bonds is 5. The Kier molecular flexibility index (Phi) is 4.36. The minimum atomic E-state index is -0.369. The van der Waals surface area contributed by atoms with Crippen LogP contribution in [0.25, 0.3) is 22.6 Å². The van der Waals surface area contributed by atoms with Crippen molar-refractivity contribution in [2.24, 2.45) is 0 Å². The molecule has 0 saturated heterocycles. The van der Waals surface area contributed by atoms with Gasteiger partial charge in [0.1, 0.15) is 5.75 Å². The van der Waals surface area contributed by atoms with E-state index < -0.39 is 0 Å². The highest BCUT2D eigenvalue weighted by atomic mass is 32.1. The summed E-state index contributed by atoms with van der Waals surface area (Å²) in [5.74, 6) is 1.06. The number of thiazole rings is 1. The van der Waals surface area contributed by atoms with Crippen molar-refractivity contribution >= 4 is 22.4 Å². The number of hydrogen-bond donors (Lipinski definition) is 1. The second-order valence-electron chi connectivity index (χ2n) is 6.57. The highest BCUT2D eigenvalue weighted by Crippen LogP contribution is 2.32. The topological polar surface area (TPSA) is 95.1 Å². The monoisotopic (exact) mass is 407 g/mol. The molecule has 0 spiro atoms. The number of aryl methyl sites for hydroxylation is 1. The third kappa shape index (κ3) is 3.40. The molecule has 1 aromatic carbocycles. The van der Waals surface area contributed by atoms with Crippen molar-refractivity contribution < 1.29 is 14.1 Å². The Morgan fingerprint density at radius 3 is 3.10 bits per heavy atom. The van der Waals surface area contributed by atoms with Gasteiger partial charge in [0.25, 0.3) is 5.91 Å². The molecule has 0 bridgehead atoms. The maximum Gasteiger partial charge on any atom is 0.279 e. The molecule has 0 unspecified atom stereocenters. The number of hydrogen-bond acceptors (Lipinski definition) is 7. The van der Waals surface area contributed by atoms with E-state index in [0.717, 1.165) is 42.1 Å². The van der Waals surface area contributed by atoms with Crippen LogP contribution in [0.1, 0.15) is 23.0 Å². The van der Waals surface area contributed by atoms with Gasteiger partial charge >= 0.3 is 0 Å². The fourth-order valence-corrected chi connectivity index (χ4v) is 3.87. The van der Waals surface area contributed by atoms with Gasteiger partial charge in [-0.25, -0.2) is 4.98 Å². The Morgan fingerprint density at radius 1 is 1.31 bits per heavy atom. The van der Waals surface area contributed by atoms with Crippen LogP contribution in [0.5, 0.6) is 5.75 Å². The molecule has 3 aromatic heterocycles. The maximum absolute atomic E-state index is 12.5. The van der Waals surface area contributed by atoms with Crippen LogP contribution in [-0.4, -0.2) is 32.4 Å². The molecule has 146 valence electrons. The summed E-state index contributed by atoms with van der Waals surface area (Å²) in [6.45, 7) is 3.47. The lowest BCUT2D eigenvalue weighted by molar-refractivity contribution is 0.101. The van der Waals surface area contributed by atoms with Crippen LogP contribution in [0.2, 0.25) is 0 Å². The summed E-state index contributed by atoms with van der Waals surface area (Å²) in [6, 6.07) is 7.63. The summed E-state index contributed by atoms with van der Waals surface area (Å²) < 4.78 is 12.6. The molecular formula is C20H17N5O3S. The lowest BCUT2D eigenvalue weighted by Gasteiger charge is -2.01. The molecule has 1 N–H and O–H groups in total. The number of nitrogens with zero attached hydrogens (tertiary/aromatic N) is 4. The van der Waals surface area contributed by atoms with E-state index in [9.17, 15) is 4.79 Å². The zero-order chi connectivity index (χ0) is 19.8. The Labute approximate surface area is 170 Å². The molecule has 1 amide bonds. The normalized spacial score (nSPS) is 12.6. The SMILES string of the molecule is CCn1cc(-c2cc(C(=O)Nc3nc(-c4ccc5c(c4)CCO5)cs3)no2)cn1. The summed E-state index contributed by atoms with van der Waals surface area (Å²) in [5.41, 5.74) is 3.96. The number of anilines is 1. The minimum Gasteiger partial charge on any atom is -0.493 e. The van der Waals surface area contributed by atoms with Crippen LogP contribution in [0, 0.1) is 0 Å². The van der Waals surface area contributed by atoms with E-state index in [2.05, 4.69) is 26.6 Å². The Bertz CT molecular complexity index is 1190. The predicted molar refractivity (Wildman–Crippen MR) is 108 cm³/mol.